The van der Waals surface area contributed by atoms with E-state index < -0.39 is 4.92 Å². The van der Waals surface area contributed by atoms with Gasteiger partial charge >= 0.3 is 0 Å². The van der Waals surface area contributed by atoms with Gasteiger partial charge in [0.2, 0.25) is 0 Å². The molecule has 0 aliphatic heterocycles. The van der Waals surface area contributed by atoms with E-state index in [1.165, 1.54) is 12.1 Å². The lowest BCUT2D eigenvalue weighted by molar-refractivity contribution is -0.384. The number of benzene rings is 1. The number of nitro groups is 1. The first-order chi connectivity index (χ1) is 8.54. The van der Waals surface area contributed by atoms with Crippen molar-refractivity contribution in [1.82, 2.24) is 5.32 Å². The number of nitrogens with one attached hydrogen (secondary N) is 1. The molecular formula is C13H20N2O3. The number of non-ortho nitro benzene ring substituents is 1. The lowest BCUT2D eigenvalue weighted by Gasteiger charge is -2.21. The van der Waals surface area contributed by atoms with Crippen LogP contribution in [-0.2, 0) is 6.54 Å². The van der Waals surface area contributed by atoms with Gasteiger partial charge in [0.15, 0.2) is 0 Å². The van der Waals surface area contributed by atoms with Crippen LogP contribution in [0.15, 0.2) is 24.3 Å². The van der Waals surface area contributed by atoms with Crippen LogP contribution in [0.3, 0.4) is 0 Å². The highest BCUT2D eigenvalue weighted by molar-refractivity contribution is 5.32. The molecule has 1 aromatic rings. The van der Waals surface area contributed by atoms with Crippen LogP contribution in [0.2, 0.25) is 0 Å². The first-order valence-corrected chi connectivity index (χ1v) is 6.12. The van der Waals surface area contributed by atoms with Crippen molar-refractivity contribution in [2.75, 3.05) is 6.61 Å². The Balaban J connectivity index is 2.54. The summed E-state index contributed by atoms with van der Waals surface area (Å²) in [5.41, 5.74) is 1.11. The Morgan fingerprint density at radius 2 is 1.94 bits per heavy atom. The summed E-state index contributed by atoms with van der Waals surface area (Å²) in [6, 6.07) is 6.77. The number of nitrogens with zero attached hydrogens (tertiary/aromatic N) is 1. The zero-order valence-corrected chi connectivity index (χ0v) is 10.8. The summed E-state index contributed by atoms with van der Waals surface area (Å²) in [7, 11) is 0. The summed E-state index contributed by atoms with van der Waals surface area (Å²) in [6.07, 6.45) is 0.713. The molecule has 0 aliphatic carbocycles. The molecule has 0 bridgehead atoms. The van der Waals surface area contributed by atoms with Gasteiger partial charge in [-0.25, -0.2) is 0 Å². The van der Waals surface area contributed by atoms with E-state index in [0.717, 1.165) is 5.56 Å². The fourth-order valence-corrected chi connectivity index (χ4v) is 1.79. The minimum atomic E-state index is -0.403. The van der Waals surface area contributed by atoms with Gasteiger partial charge in [0.1, 0.15) is 0 Å². The maximum atomic E-state index is 10.5. The third-order valence-electron chi connectivity index (χ3n) is 2.96. The molecule has 0 saturated carbocycles. The molecule has 0 fully saturated rings. The lowest BCUT2D eigenvalue weighted by atomic mass is 10.0. The Bertz CT molecular complexity index is 376. The van der Waals surface area contributed by atoms with E-state index in [-0.39, 0.29) is 18.3 Å². The molecule has 1 rings (SSSR count). The van der Waals surface area contributed by atoms with Crippen LogP contribution in [0.1, 0.15) is 25.8 Å². The maximum absolute atomic E-state index is 10.5. The Kier molecular flexibility index (Phi) is 5.74. The molecule has 1 atom stereocenters. The second-order valence-corrected chi connectivity index (χ2v) is 4.67. The van der Waals surface area contributed by atoms with Crippen LogP contribution in [0.25, 0.3) is 0 Å². The van der Waals surface area contributed by atoms with Crippen LogP contribution < -0.4 is 5.32 Å². The van der Waals surface area contributed by atoms with Gasteiger partial charge in [0.05, 0.1) is 4.92 Å². The van der Waals surface area contributed by atoms with E-state index >= 15 is 0 Å². The average molecular weight is 252 g/mol. The molecule has 1 unspecified atom stereocenters. The van der Waals surface area contributed by atoms with E-state index in [1.54, 1.807) is 12.1 Å². The molecular weight excluding hydrogens is 232 g/mol. The van der Waals surface area contributed by atoms with E-state index in [9.17, 15) is 10.1 Å². The molecule has 0 aliphatic rings. The van der Waals surface area contributed by atoms with Gasteiger partial charge in [-0.2, -0.15) is 0 Å². The van der Waals surface area contributed by atoms with Crippen molar-refractivity contribution in [3.05, 3.63) is 39.9 Å². The van der Waals surface area contributed by atoms with Crippen molar-refractivity contribution >= 4 is 5.69 Å². The van der Waals surface area contributed by atoms with Crippen LogP contribution in [0.4, 0.5) is 5.69 Å². The average Bonchev–Trinajstić information content (AvgIpc) is 2.34. The van der Waals surface area contributed by atoms with Gasteiger partial charge in [-0.05, 0) is 17.9 Å². The zero-order valence-electron chi connectivity index (χ0n) is 10.8. The first kappa shape index (κ1) is 14.6. The molecule has 2 N–H and O–H groups in total. The molecule has 0 spiro atoms. The van der Waals surface area contributed by atoms with E-state index in [0.29, 0.717) is 18.9 Å². The number of aliphatic hydroxyl groups excluding tert-OH is 1. The van der Waals surface area contributed by atoms with Crippen LogP contribution >= 0.6 is 0 Å². The molecule has 0 radical (unpaired) electrons. The summed E-state index contributed by atoms with van der Waals surface area (Å²) in [5.74, 6) is 0.440. The quantitative estimate of drug-likeness (QED) is 0.575. The molecule has 1 aromatic carbocycles. The van der Waals surface area contributed by atoms with Crippen molar-refractivity contribution in [2.45, 2.75) is 32.9 Å². The van der Waals surface area contributed by atoms with E-state index in [1.807, 2.05) is 0 Å². The summed E-state index contributed by atoms with van der Waals surface area (Å²) in [5, 5.41) is 22.8. The number of hydrogen-bond acceptors (Lipinski definition) is 4. The zero-order chi connectivity index (χ0) is 13.5. The molecule has 5 nitrogen and oxygen atoms in total. The summed E-state index contributed by atoms with van der Waals surface area (Å²) < 4.78 is 0. The number of rotatable bonds is 7. The largest absolute Gasteiger partial charge is 0.396 e. The van der Waals surface area contributed by atoms with Crippen LogP contribution in [0.5, 0.6) is 0 Å². The SMILES string of the molecule is CC(C)C(CCO)NCc1ccc([N+](=O)[O-])cc1. The Morgan fingerprint density at radius 1 is 1.33 bits per heavy atom. The minimum Gasteiger partial charge on any atom is -0.396 e. The highest BCUT2D eigenvalue weighted by atomic mass is 16.6. The lowest BCUT2D eigenvalue weighted by Crippen LogP contribution is -2.34. The summed E-state index contributed by atoms with van der Waals surface area (Å²) >= 11 is 0. The van der Waals surface area contributed by atoms with Crippen molar-refractivity contribution < 1.29 is 10.0 Å². The molecule has 0 saturated heterocycles. The Hall–Kier alpha value is -1.46. The molecule has 18 heavy (non-hydrogen) atoms. The van der Waals surface area contributed by atoms with Crippen molar-refractivity contribution in [1.29, 1.82) is 0 Å². The molecule has 0 aromatic heterocycles. The highest BCUT2D eigenvalue weighted by Crippen LogP contribution is 2.13. The normalized spacial score (nSPS) is 12.7. The van der Waals surface area contributed by atoms with Crippen molar-refractivity contribution in [3.8, 4) is 0 Å². The maximum Gasteiger partial charge on any atom is 0.269 e. The van der Waals surface area contributed by atoms with Crippen molar-refractivity contribution in [3.63, 3.8) is 0 Å². The van der Waals surface area contributed by atoms with Crippen LogP contribution in [-0.4, -0.2) is 22.7 Å². The van der Waals surface area contributed by atoms with Crippen molar-refractivity contribution in [2.24, 2.45) is 5.92 Å². The topological polar surface area (TPSA) is 75.4 Å². The minimum absolute atomic E-state index is 0.106. The van der Waals surface area contributed by atoms with E-state index in [4.69, 9.17) is 5.11 Å². The number of nitro benzene ring substituents is 1. The standard InChI is InChI=1S/C13H20N2O3/c1-10(2)13(7-8-16)14-9-11-3-5-12(6-4-11)15(17)18/h3-6,10,13-14,16H,7-9H2,1-2H3. The Morgan fingerprint density at radius 3 is 2.39 bits per heavy atom. The third kappa shape index (κ3) is 4.43. The van der Waals surface area contributed by atoms with Gasteiger partial charge in [-0.1, -0.05) is 26.0 Å². The van der Waals surface area contributed by atoms with Gasteiger partial charge in [0, 0.05) is 31.3 Å². The highest BCUT2D eigenvalue weighted by Gasteiger charge is 2.12. The fraction of sp³-hybridized carbons (Fsp3) is 0.538. The van der Waals surface area contributed by atoms with Crippen LogP contribution in [0, 0.1) is 16.0 Å². The predicted octanol–water partition coefficient (Wildman–Crippen LogP) is 2.09. The second kappa shape index (κ2) is 7.08. The van der Waals surface area contributed by atoms with Gasteiger partial charge in [-0.3, -0.25) is 10.1 Å². The monoisotopic (exact) mass is 252 g/mol. The summed E-state index contributed by atoms with van der Waals surface area (Å²) in [6.45, 7) is 5.02. The van der Waals surface area contributed by atoms with Gasteiger partial charge < -0.3 is 10.4 Å². The fourth-order valence-electron chi connectivity index (χ4n) is 1.79. The number of aliphatic hydroxyl groups is 1. The van der Waals surface area contributed by atoms with Gasteiger partial charge in [0.25, 0.3) is 5.69 Å². The predicted molar refractivity (Wildman–Crippen MR) is 70.3 cm³/mol. The molecule has 5 heteroatoms. The van der Waals surface area contributed by atoms with Gasteiger partial charge in [-0.15, -0.1) is 0 Å². The first-order valence-electron chi connectivity index (χ1n) is 6.12. The smallest absolute Gasteiger partial charge is 0.269 e. The number of hydrogen-bond donors (Lipinski definition) is 2. The molecule has 0 heterocycles. The molecule has 0 amide bonds. The Labute approximate surface area is 107 Å². The second-order valence-electron chi connectivity index (χ2n) is 4.67. The molecule has 100 valence electrons. The summed E-state index contributed by atoms with van der Waals surface area (Å²) in [4.78, 5) is 10.1. The van der Waals surface area contributed by atoms with E-state index in [2.05, 4.69) is 19.2 Å². The third-order valence-corrected chi connectivity index (χ3v) is 2.96.